The minimum absolute atomic E-state index is 0.0497. The van der Waals surface area contributed by atoms with E-state index in [1.807, 2.05) is 0 Å². The largest absolute Gasteiger partial charge is 0.451 e. The highest BCUT2D eigenvalue weighted by atomic mass is 79.9. The second-order valence-corrected chi connectivity index (χ2v) is 5.87. The van der Waals surface area contributed by atoms with E-state index < -0.39 is 22.7 Å². The molecule has 8 heteroatoms. The summed E-state index contributed by atoms with van der Waals surface area (Å²) in [6.45, 7) is 1.44. The average molecular weight is 393 g/mol. The highest BCUT2D eigenvalue weighted by molar-refractivity contribution is 9.10. The smallest absolute Gasteiger partial charge is 0.339 e. The summed E-state index contributed by atoms with van der Waals surface area (Å²) in [5, 5.41) is 10.9. The number of benzene rings is 2. The Morgan fingerprint density at radius 1 is 1.17 bits per heavy atom. The third-order valence-electron chi connectivity index (χ3n) is 3.24. The van der Waals surface area contributed by atoms with Crippen LogP contribution in [0, 0.1) is 10.1 Å². The number of carbonyl (C=O) groups excluding carboxylic acids is 2. The van der Waals surface area contributed by atoms with Crippen LogP contribution in [0.1, 0.15) is 27.6 Å². The van der Waals surface area contributed by atoms with Gasteiger partial charge in [-0.05, 0) is 31.2 Å². The molecule has 2 N–H and O–H groups in total. The number of ether oxygens (including phenoxy) is 1. The number of nitrogen functional groups attached to an aromatic ring is 1. The highest BCUT2D eigenvalue weighted by Gasteiger charge is 2.22. The molecule has 0 amide bonds. The first-order chi connectivity index (χ1) is 11.3. The molecule has 24 heavy (non-hydrogen) atoms. The molecule has 0 fully saturated rings. The summed E-state index contributed by atoms with van der Waals surface area (Å²) in [6.07, 6.45) is -1.03. The lowest BCUT2D eigenvalue weighted by Gasteiger charge is -2.12. The molecule has 0 heterocycles. The van der Waals surface area contributed by atoms with Gasteiger partial charge in [-0.2, -0.15) is 0 Å². The Kier molecular flexibility index (Phi) is 5.30. The number of ketones is 1. The Labute approximate surface area is 145 Å². The molecule has 0 aliphatic rings. The lowest BCUT2D eigenvalue weighted by atomic mass is 10.1. The zero-order chi connectivity index (χ0) is 17.9. The minimum Gasteiger partial charge on any atom is -0.451 e. The molecule has 124 valence electrons. The van der Waals surface area contributed by atoms with Crippen molar-refractivity contribution in [2.24, 2.45) is 0 Å². The highest BCUT2D eigenvalue weighted by Crippen LogP contribution is 2.23. The molecule has 2 aromatic carbocycles. The summed E-state index contributed by atoms with van der Waals surface area (Å²) in [5.41, 5.74) is 5.37. The number of hydrogen-bond acceptors (Lipinski definition) is 6. The number of halogens is 1. The number of anilines is 1. The predicted molar refractivity (Wildman–Crippen MR) is 90.9 cm³/mol. The molecule has 0 aromatic heterocycles. The summed E-state index contributed by atoms with van der Waals surface area (Å²) in [5.74, 6) is -1.21. The second kappa shape index (κ2) is 7.22. The Morgan fingerprint density at radius 2 is 1.75 bits per heavy atom. The summed E-state index contributed by atoms with van der Waals surface area (Å²) in [4.78, 5) is 34.5. The van der Waals surface area contributed by atoms with E-state index in [1.54, 1.807) is 24.3 Å². The zero-order valence-electron chi connectivity index (χ0n) is 12.6. The van der Waals surface area contributed by atoms with Crippen molar-refractivity contribution in [2.75, 3.05) is 5.73 Å². The average Bonchev–Trinajstić information content (AvgIpc) is 2.54. The molecule has 2 aromatic rings. The lowest BCUT2D eigenvalue weighted by molar-refractivity contribution is -0.383. The fraction of sp³-hybridized carbons (Fsp3) is 0.125. The topological polar surface area (TPSA) is 113 Å². The minimum atomic E-state index is -1.03. The molecule has 0 radical (unpaired) electrons. The standard InChI is InChI=1S/C16H13BrN2O5/c1-9(15(20)10-2-5-12(17)6-3-10)24-16(21)11-4-7-13(18)14(8-11)19(22)23/h2-9H,18H2,1H3/t9-/m0/s1. The monoisotopic (exact) mass is 392 g/mol. The van der Waals surface area contributed by atoms with E-state index in [9.17, 15) is 19.7 Å². The van der Waals surface area contributed by atoms with Crippen molar-refractivity contribution in [3.63, 3.8) is 0 Å². The van der Waals surface area contributed by atoms with Crippen molar-refractivity contribution in [2.45, 2.75) is 13.0 Å². The second-order valence-electron chi connectivity index (χ2n) is 4.95. The molecule has 0 saturated heterocycles. The molecule has 0 aliphatic heterocycles. The van der Waals surface area contributed by atoms with E-state index in [2.05, 4.69) is 15.9 Å². The number of esters is 1. The summed E-state index contributed by atoms with van der Waals surface area (Å²) in [6, 6.07) is 10.2. The Hall–Kier alpha value is -2.74. The molecule has 0 bridgehead atoms. The van der Waals surface area contributed by atoms with Crippen LogP contribution < -0.4 is 5.73 Å². The first-order valence-electron chi connectivity index (χ1n) is 6.84. The number of nitrogens with zero attached hydrogens (tertiary/aromatic N) is 1. The first-order valence-corrected chi connectivity index (χ1v) is 7.63. The van der Waals surface area contributed by atoms with Gasteiger partial charge in [-0.3, -0.25) is 14.9 Å². The zero-order valence-corrected chi connectivity index (χ0v) is 14.1. The molecule has 0 aliphatic carbocycles. The van der Waals surface area contributed by atoms with E-state index in [1.165, 1.54) is 19.1 Å². The maximum Gasteiger partial charge on any atom is 0.339 e. The molecular weight excluding hydrogens is 380 g/mol. The number of nitro benzene ring substituents is 1. The van der Waals surface area contributed by atoms with Gasteiger partial charge in [0, 0.05) is 16.1 Å². The van der Waals surface area contributed by atoms with Gasteiger partial charge in [0.2, 0.25) is 5.78 Å². The first kappa shape index (κ1) is 17.6. The van der Waals surface area contributed by atoms with Crippen LogP contribution in [-0.4, -0.2) is 22.8 Å². The van der Waals surface area contributed by atoms with E-state index in [4.69, 9.17) is 10.5 Å². The predicted octanol–water partition coefficient (Wildman–Crippen LogP) is 3.37. The van der Waals surface area contributed by atoms with Crippen LogP contribution in [-0.2, 0) is 4.74 Å². The Balaban J connectivity index is 2.14. The van der Waals surface area contributed by atoms with Crippen LogP contribution in [0.5, 0.6) is 0 Å². The third-order valence-corrected chi connectivity index (χ3v) is 3.77. The van der Waals surface area contributed by atoms with Gasteiger partial charge in [-0.25, -0.2) is 4.79 Å². The quantitative estimate of drug-likeness (QED) is 0.274. The number of rotatable bonds is 5. The van der Waals surface area contributed by atoms with Crippen LogP contribution in [0.25, 0.3) is 0 Å². The number of hydrogen-bond donors (Lipinski definition) is 1. The molecule has 0 saturated carbocycles. The van der Waals surface area contributed by atoms with Crippen molar-refractivity contribution in [3.05, 3.63) is 68.2 Å². The van der Waals surface area contributed by atoms with E-state index in [-0.39, 0.29) is 17.0 Å². The van der Waals surface area contributed by atoms with Gasteiger partial charge in [0.05, 0.1) is 10.5 Å². The number of nitro groups is 1. The molecule has 7 nitrogen and oxygen atoms in total. The maximum atomic E-state index is 12.2. The van der Waals surface area contributed by atoms with Crippen LogP contribution in [0.4, 0.5) is 11.4 Å². The molecule has 2 rings (SSSR count). The van der Waals surface area contributed by atoms with Gasteiger partial charge >= 0.3 is 5.97 Å². The number of Topliss-reactive ketones (excluding diaryl/α,β-unsaturated/α-hetero) is 1. The fourth-order valence-corrected chi connectivity index (χ4v) is 2.22. The molecule has 0 spiro atoms. The molecule has 1 atom stereocenters. The van der Waals surface area contributed by atoms with Crippen LogP contribution in [0.3, 0.4) is 0 Å². The van der Waals surface area contributed by atoms with E-state index in [0.717, 1.165) is 10.5 Å². The normalized spacial score (nSPS) is 11.6. The third kappa shape index (κ3) is 3.96. The Morgan fingerprint density at radius 3 is 2.33 bits per heavy atom. The number of carbonyl (C=O) groups is 2. The number of nitrogens with two attached hydrogens (primary N) is 1. The van der Waals surface area contributed by atoms with E-state index in [0.29, 0.717) is 5.56 Å². The summed E-state index contributed by atoms with van der Waals surface area (Å²) < 4.78 is 5.91. The van der Waals surface area contributed by atoms with Crippen molar-refractivity contribution in [3.8, 4) is 0 Å². The van der Waals surface area contributed by atoms with Gasteiger partial charge in [-0.1, -0.05) is 28.1 Å². The van der Waals surface area contributed by atoms with Crippen LogP contribution >= 0.6 is 15.9 Å². The van der Waals surface area contributed by atoms with Crippen molar-refractivity contribution in [1.29, 1.82) is 0 Å². The maximum absolute atomic E-state index is 12.2. The van der Waals surface area contributed by atoms with E-state index >= 15 is 0 Å². The molecule has 0 unspecified atom stereocenters. The Bertz CT molecular complexity index is 805. The SMILES string of the molecule is C[C@H](OC(=O)c1ccc(N)c([N+](=O)[O-])c1)C(=O)c1ccc(Br)cc1. The summed E-state index contributed by atoms with van der Waals surface area (Å²) in [7, 11) is 0. The van der Waals surface area contributed by atoms with Gasteiger partial charge in [0.15, 0.2) is 6.10 Å². The van der Waals surface area contributed by atoms with Gasteiger partial charge in [-0.15, -0.1) is 0 Å². The lowest BCUT2D eigenvalue weighted by Crippen LogP contribution is -2.24. The molecular formula is C16H13BrN2O5. The van der Waals surface area contributed by atoms with Crippen LogP contribution in [0.15, 0.2) is 46.9 Å². The fourth-order valence-electron chi connectivity index (χ4n) is 1.96. The van der Waals surface area contributed by atoms with Crippen molar-refractivity contribution >= 4 is 39.1 Å². The van der Waals surface area contributed by atoms with Crippen LogP contribution in [0.2, 0.25) is 0 Å². The van der Waals surface area contributed by atoms with Gasteiger partial charge < -0.3 is 10.5 Å². The van der Waals surface area contributed by atoms with Gasteiger partial charge in [0.25, 0.3) is 5.69 Å². The van der Waals surface area contributed by atoms with Gasteiger partial charge in [0.1, 0.15) is 5.69 Å². The summed E-state index contributed by atoms with van der Waals surface area (Å²) >= 11 is 3.26. The van der Waals surface area contributed by atoms with Crippen molar-refractivity contribution < 1.29 is 19.2 Å². The van der Waals surface area contributed by atoms with Crippen molar-refractivity contribution in [1.82, 2.24) is 0 Å².